The zero-order chi connectivity index (χ0) is 36.2. The van der Waals surface area contributed by atoms with E-state index >= 15 is 0 Å². The van der Waals surface area contributed by atoms with Crippen LogP contribution in [0, 0.1) is 5.92 Å². The van der Waals surface area contributed by atoms with E-state index in [0.29, 0.717) is 45.6 Å². The van der Waals surface area contributed by atoms with Crippen molar-refractivity contribution in [2.75, 3.05) is 32.8 Å². The maximum Gasteiger partial charge on any atom is 0.410 e. The average molecular weight is 707 g/mol. The molecule has 0 spiro atoms. The molecule has 274 valence electrons. The Balaban J connectivity index is 1.06. The second kappa shape index (κ2) is 15.8. The molecule has 0 radical (unpaired) electrons. The molecule has 1 aromatic heterocycles. The molecule has 10 heteroatoms. The maximum absolute atomic E-state index is 14.7. The normalized spacial score (nSPS) is 20.7. The highest BCUT2D eigenvalue weighted by atomic mass is 16.6. The number of likely N-dealkylation sites (tertiary alicyclic amines) is 2. The third kappa shape index (κ3) is 8.12. The molecule has 52 heavy (non-hydrogen) atoms. The van der Waals surface area contributed by atoms with Gasteiger partial charge in [0.1, 0.15) is 11.8 Å². The zero-order valence-electron chi connectivity index (χ0n) is 30.2. The highest BCUT2D eigenvalue weighted by Gasteiger charge is 2.43. The van der Waals surface area contributed by atoms with Gasteiger partial charge in [-0.05, 0) is 105 Å². The van der Waals surface area contributed by atoms with E-state index in [1.165, 1.54) is 0 Å². The number of aromatic amines is 1. The molecule has 3 atom stereocenters. The van der Waals surface area contributed by atoms with E-state index in [1.54, 1.807) is 4.90 Å². The number of aromatic nitrogens is 1. The van der Waals surface area contributed by atoms with Crippen LogP contribution in [0.3, 0.4) is 0 Å². The number of piperidine rings is 1. The number of carbonyl (C=O) groups is 3. The van der Waals surface area contributed by atoms with E-state index in [0.717, 1.165) is 71.1 Å². The Kier molecular flexibility index (Phi) is 10.8. The molecule has 1 saturated carbocycles. The van der Waals surface area contributed by atoms with Gasteiger partial charge in [-0.25, -0.2) is 4.79 Å². The molecule has 3 aromatic carbocycles. The Hall–Kier alpha value is -4.83. The number of ether oxygens (including phenoxy) is 2. The molecule has 1 unspecified atom stereocenters. The van der Waals surface area contributed by atoms with Gasteiger partial charge >= 0.3 is 12.1 Å². The third-order valence-electron chi connectivity index (χ3n) is 10.8. The van der Waals surface area contributed by atoms with Crippen LogP contribution in [-0.2, 0) is 20.9 Å². The number of fused-ring (bicyclic) bond motifs is 1. The van der Waals surface area contributed by atoms with Crippen LogP contribution in [0.15, 0.2) is 79.0 Å². The number of carboxylic acid groups (broad SMARTS) is 1. The van der Waals surface area contributed by atoms with Gasteiger partial charge in [0.15, 0.2) is 0 Å². The summed E-state index contributed by atoms with van der Waals surface area (Å²) in [4.78, 5) is 48.5. The van der Waals surface area contributed by atoms with Crippen LogP contribution in [0.4, 0.5) is 4.79 Å². The van der Waals surface area contributed by atoms with Crippen molar-refractivity contribution in [3.05, 3.63) is 90.1 Å². The summed E-state index contributed by atoms with van der Waals surface area (Å²) in [5.41, 5.74) is 5.37. The quantitative estimate of drug-likeness (QED) is 0.140. The average Bonchev–Trinajstić information content (AvgIpc) is 3.74. The molecular weight excluding hydrogens is 656 g/mol. The molecule has 3 aliphatic rings. The summed E-state index contributed by atoms with van der Waals surface area (Å²) in [7, 11) is 0. The van der Waals surface area contributed by atoms with Crippen LogP contribution in [-0.4, -0.2) is 93.7 Å². The molecule has 2 saturated heterocycles. The number of carboxylic acids is 1. The number of hydrogen-bond donors (Lipinski definition) is 2. The zero-order valence-corrected chi connectivity index (χ0v) is 30.2. The van der Waals surface area contributed by atoms with Crippen LogP contribution in [0.25, 0.3) is 22.0 Å². The highest BCUT2D eigenvalue weighted by molar-refractivity contribution is 5.85. The van der Waals surface area contributed by atoms with E-state index in [1.807, 2.05) is 49.2 Å². The van der Waals surface area contributed by atoms with Crippen molar-refractivity contribution in [1.29, 1.82) is 0 Å². The van der Waals surface area contributed by atoms with Crippen molar-refractivity contribution >= 4 is 28.9 Å². The van der Waals surface area contributed by atoms with Crippen LogP contribution in [0.1, 0.15) is 69.4 Å². The molecule has 3 fully saturated rings. The topological polar surface area (TPSA) is 115 Å². The van der Waals surface area contributed by atoms with Crippen LogP contribution < -0.4 is 4.74 Å². The van der Waals surface area contributed by atoms with Crippen LogP contribution >= 0.6 is 0 Å². The van der Waals surface area contributed by atoms with Gasteiger partial charge in [-0.2, -0.15) is 0 Å². The smallest absolute Gasteiger partial charge is 0.410 e. The molecule has 0 bridgehead atoms. The number of aliphatic carboxylic acids is 1. The number of hydrogen-bond acceptors (Lipinski definition) is 6. The van der Waals surface area contributed by atoms with Crippen LogP contribution in [0.5, 0.6) is 5.75 Å². The number of rotatable bonds is 13. The van der Waals surface area contributed by atoms with Gasteiger partial charge in [0.2, 0.25) is 5.91 Å². The minimum Gasteiger partial charge on any atom is -0.494 e. The molecule has 7 rings (SSSR count). The molecule has 2 aliphatic heterocycles. The number of para-hydroxylation sites is 1. The van der Waals surface area contributed by atoms with Crippen molar-refractivity contribution in [3.63, 3.8) is 0 Å². The molecule has 3 heterocycles. The van der Waals surface area contributed by atoms with Gasteiger partial charge < -0.3 is 29.4 Å². The second-order valence-corrected chi connectivity index (χ2v) is 14.8. The van der Waals surface area contributed by atoms with Gasteiger partial charge in [-0.15, -0.1) is 0 Å². The summed E-state index contributed by atoms with van der Waals surface area (Å²) in [5, 5.41) is 10.6. The number of nitrogens with one attached hydrogen (secondary N) is 1. The SMILES string of the molecule is CC(C)OC(=O)N1CC[C@H](c2cccc(-c3ccc(OCCCN4CCCC4C(=O)O)cc3)c2)[C@@H](C(=O)N(Cc2c[nH]c3ccccc23)C2CC2)C1. The van der Waals surface area contributed by atoms with Crippen molar-refractivity contribution in [1.82, 2.24) is 19.7 Å². The second-order valence-electron chi connectivity index (χ2n) is 14.8. The van der Waals surface area contributed by atoms with Gasteiger partial charge in [0, 0.05) is 49.3 Å². The Labute approximate surface area is 305 Å². The predicted molar refractivity (Wildman–Crippen MR) is 200 cm³/mol. The molecule has 1 aliphatic carbocycles. The number of nitrogens with zero attached hydrogens (tertiary/aromatic N) is 3. The van der Waals surface area contributed by atoms with Gasteiger partial charge in [-0.1, -0.05) is 54.6 Å². The number of benzene rings is 3. The lowest BCUT2D eigenvalue weighted by molar-refractivity contribution is -0.142. The van der Waals surface area contributed by atoms with E-state index in [-0.39, 0.29) is 36.1 Å². The standard InChI is InChI=1S/C42H50N4O6/c1-28(2)52-42(50)45-22-19-35(37(27-45)40(47)46(33-15-16-33)26-32-25-43-38-11-4-3-10-36(32)38)31-9-5-8-30(24-31)29-13-17-34(18-14-29)51-23-7-21-44-20-6-12-39(44)41(48)49/h3-5,8-11,13-14,17-18,24-25,28,33,35,37,39,43H,6-7,12,15-16,19-23,26-27H2,1-2H3,(H,48,49)/t35-,37+,39?/m1/s1. The van der Waals surface area contributed by atoms with Gasteiger partial charge in [0.25, 0.3) is 0 Å². The summed E-state index contributed by atoms with van der Waals surface area (Å²) in [6, 6.07) is 24.5. The van der Waals surface area contributed by atoms with Crippen LogP contribution in [0.2, 0.25) is 0 Å². The number of amides is 2. The lowest BCUT2D eigenvalue weighted by Crippen LogP contribution is -2.50. The Morgan fingerprint density at radius 2 is 1.75 bits per heavy atom. The van der Waals surface area contributed by atoms with E-state index in [4.69, 9.17) is 9.47 Å². The fraction of sp³-hybridized carbons (Fsp3) is 0.452. The van der Waals surface area contributed by atoms with E-state index in [9.17, 15) is 19.5 Å². The fourth-order valence-electron chi connectivity index (χ4n) is 8.00. The first-order valence-electron chi connectivity index (χ1n) is 18.9. The Morgan fingerprint density at radius 1 is 0.942 bits per heavy atom. The summed E-state index contributed by atoms with van der Waals surface area (Å²) in [6.45, 7) is 7.13. The molecular formula is C42H50N4O6. The monoisotopic (exact) mass is 706 g/mol. The number of carbonyl (C=O) groups excluding carboxylic acids is 2. The lowest BCUT2D eigenvalue weighted by Gasteiger charge is -2.40. The minimum absolute atomic E-state index is 0.0568. The van der Waals surface area contributed by atoms with Gasteiger partial charge in [0.05, 0.1) is 18.6 Å². The van der Waals surface area contributed by atoms with E-state index in [2.05, 4.69) is 58.4 Å². The van der Waals surface area contributed by atoms with Crippen molar-refractivity contribution in [2.24, 2.45) is 5.92 Å². The minimum atomic E-state index is -0.737. The first-order valence-corrected chi connectivity index (χ1v) is 18.9. The molecule has 2 amide bonds. The first-order chi connectivity index (χ1) is 25.2. The Bertz CT molecular complexity index is 1870. The summed E-state index contributed by atoms with van der Waals surface area (Å²) >= 11 is 0. The molecule has 10 nitrogen and oxygen atoms in total. The molecule has 2 N–H and O–H groups in total. The van der Waals surface area contributed by atoms with E-state index < -0.39 is 11.9 Å². The fourth-order valence-corrected chi connectivity index (χ4v) is 8.00. The third-order valence-corrected chi connectivity index (χ3v) is 10.8. The Morgan fingerprint density at radius 3 is 2.52 bits per heavy atom. The lowest BCUT2D eigenvalue weighted by atomic mass is 9.79. The first kappa shape index (κ1) is 35.6. The number of H-pyrrole nitrogens is 1. The van der Waals surface area contributed by atoms with Gasteiger partial charge in [-0.3, -0.25) is 14.5 Å². The largest absolute Gasteiger partial charge is 0.494 e. The van der Waals surface area contributed by atoms with Crippen molar-refractivity contribution in [3.8, 4) is 16.9 Å². The molecule has 4 aromatic rings. The van der Waals surface area contributed by atoms with Crippen molar-refractivity contribution in [2.45, 2.75) is 83.0 Å². The highest BCUT2D eigenvalue weighted by Crippen LogP contribution is 2.39. The summed E-state index contributed by atoms with van der Waals surface area (Å²) in [5.74, 6) is -0.332. The predicted octanol–water partition coefficient (Wildman–Crippen LogP) is 7.29. The summed E-state index contributed by atoms with van der Waals surface area (Å²) in [6.07, 6.45) is 6.46. The summed E-state index contributed by atoms with van der Waals surface area (Å²) < 4.78 is 11.6. The van der Waals surface area contributed by atoms with Crippen molar-refractivity contribution < 1.29 is 29.0 Å². The maximum atomic E-state index is 14.7.